The molecule has 0 amide bonds. The maximum absolute atomic E-state index is 5.72. The standard InChI is InChI=1S/C14H20BrN3O/c1-3-16-12-10(15)11(9-5-6-9)17-13(18-12)14(19-2)7-4-8-14/h9H,3-8H2,1-2H3,(H,16,17,18). The van der Waals surface area contributed by atoms with Gasteiger partial charge in [0.1, 0.15) is 11.4 Å². The lowest BCUT2D eigenvalue weighted by molar-refractivity contribution is -0.0847. The number of anilines is 1. The van der Waals surface area contributed by atoms with Crippen LogP contribution in [0.15, 0.2) is 4.47 Å². The molecular weight excluding hydrogens is 306 g/mol. The van der Waals surface area contributed by atoms with E-state index in [4.69, 9.17) is 14.7 Å². The van der Waals surface area contributed by atoms with Crippen molar-refractivity contribution in [1.29, 1.82) is 0 Å². The van der Waals surface area contributed by atoms with Crippen LogP contribution >= 0.6 is 15.9 Å². The predicted molar refractivity (Wildman–Crippen MR) is 78.4 cm³/mol. The van der Waals surface area contributed by atoms with Gasteiger partial charge in [0, 0.05) is 19.6 Å². The first-order chi connectivity index (χ1) is 9.20. The Hall–Kier alpha value is -0.680. The Bertz CT molecular complexity index is 478. The molecule has 0 aromatic carbocycles. The Morgan fingerprint density at radius 1 is 1.37 bits per heavy atom. The molecule has 2 aliphatic carbocycles. The number of ether oxygens (including phenoxy) is 1. The zero-order chi connectivity index (χ0) is 13.5. The summed E-state index contributed by atoms with van der Waals surface area (Å²) in [5.74, 6) is 2.38. The van der Waals surface area contributed by atoms with Crippen LogP contribution in [0.4, 0.5) is 5.82 Å². The molecule has 0 radical (unpaired) electrons. The van der Waals surface area contributed by atoms with E-state index in [0.29, 0.717) is 5.92 Å². The lowest BCUT2D eigenvalue weighted by Gasteiger charge is -2.39. The average molecular weight is 326 g/mol. The minimum Gasteiger partial charge on any atom is -0.370 e. The lowest BCUT2D eigenvalue weighted by Crippen LogP contribution is -2.38. The zero-order valence-corrected chi connectivity index (χ0v) is 13.1. The van der Waals surface area contributed by atoms with Crippen molar-refractivity contribution in [1.82, 2.24) is 9.97 Å². The molecule has 1 aromatic rings. The summed E-state index contributed by atoms with van der Waals surface area (Å²) in [4.78, 5) is 9.52. The zero-order valence-electron chi connectivity index (χ0n) is 11.5. The Balaban J connectivity index is 2.04. The van der Waals surface area contributed by atoms with Gasteiger partial charge < -0.3 is 10.1 Å². The number of methoxy groups -OCH3 is 1. The summed E-state index contributed by atoms with van der Waals surface area (Å²) in [6.07, 6.45) is 5.73. The molecule has 2 aliphatic rings. The minimum atomic E-state index is -0.242. The number of hydrogen-bond acceptors (Lipinski definition) is 4. The van der Waals surface area contributed by atoms with E-state index in [-0.39, 0.29) is 5.60 Å². The van der Waals surface area contributed by atoms with Crippen LogP contribution in [0, 0.1) is 0 Å². The van der Waals surface area contributed by atoms with Crippen LogP contribution in [0.5, 0.6) is 0 Å². The van der Waals surface area contributed by atoms with Gasteiger partial charge in [-0.25, -0.2) is 9.97 Å². The van der Waals surface area contributed by atoms with Crippen molar-refractivity contribution >= 4 is 21.7 Å². The molecule has 1 N–H and O–H groups in total. The van der Waals surface area contributed by atoms with Crippen LogP contribution in [-0.2, 0) is 10.3 Å². The maximum atomic E-state index is 5.72. The Morgan fingerprint density at radius 3 is 2.58 bits per heavy atom. The summed E-state index contributed by atoms with van der Waals surface area (Å²) in [7, 11) is 1.77. The Morgan fingerprint density at radius 2 is 2.11 bits per heavy atom. The van der Waals surface area contributed by atoms with E-state index < -0.39 is 0 Å². The van der Waals surface area contributed by atoms with Gasteiger partial charge in [0.15, 0.2) is 5.82 Å². The van der Waals surface area contributed by atoms with Gasteiger partial charge in [-0.3, -0.25) is 0 Å². The van der Waals surface area contributed by atoms with Crippen LogP contribution in [0.25, 0.3) is 0 Å². The molecule has 3 rings (SSSR count). The van der Waals surface area contributed by atoms with Gasteiger partial charge >= 0.3 is 0 Å². The third-order valence-electron chi connectivity index (χ3n) is 4.14. The van der Waals surface area contributed by atoms with E-state index in [1.807, 2.05) is 0 Å². The quantitative estimate of drug-likeness (QED) is 0.898. The van der Waals surface area contributed by atoms with Gasteiger partial charge in [-0.2, -0.15) is 0 Å². The fourth-order valence-electron chi connectivity index (χ4n) is 2.60. The monoisotopic (exact) mass is 325 g/mol. The normalized spacial score (nSPS) is 21.0. The number of hydrogen-bond donors (Lipinski definition) is 1. The van der Waals surface area contributed by atoms with E-state index >= 15 is 0 Å². The van der Waals surface area contributed by atoms with Crippen molar-refractivity contribution in [2.75, 3.05) is 19.0 Å². The van der Waals surface area contributed by atoms with Crippen LogP contribution in [0.1, 0.15) is 56.5 Å². The molecule has 0 saturated heterocycles. The largest absolute Gasteiger partial charge is 0.370 e. The van der Waals surface area contributed by atoms with Gasteiger partial charge in [-0.1, -0.05) is 0 Å². The van der Waals surface area contributed by atoms with Gasteiger partial charge in [0.05, 0.1) is 10.2 Å². The molecule has 4 nitrogen and oxygen atoms in total. The number of aromatic nitrogens is 2. The van der Waals surface area contributed by atoms with Gasteiger partial charge in [-0.15, -0.1) is 0 Å². The first kappa shape index (κ1) is 13.3. The van der Waals surface area contributed by atoms with E-state index in [1.54, 1.807) is 7.11 Å². The molecule has 2 saturated carbocycles. The van der Waals surface area contributed by atoms with Crippen molar-refractivity contribution in [3.05, 3.63) is 16.0 Å². The number of nitrogens with one attached hydrogen (secondary N) is 1. The highest BCUT2D eigenvalue weighted by atomic mass is 79.9. The Labute approximate surface area is 122 Å². The summed E-state index contributed by atoms with van der Waals surface area (Å²) in [6.45, 7) is 2.94. The van der Waals surface area contributed by atoms with Crippen LogP contribution in [-0.4, -0.2) is 23.6 Å². The van der Waals surface area contributed by atoms with Gasteiger partial charge in [0.2, 0.25) is 0 Å². The maximum Gasteiger partial charge on any atom is 0.162 e. The number of nitrogens with zero attached hydrogens (tertiary/aromatic N) is 2. The summed E-state index contributed by atoms with van der Waals surface area (Å²) in [5.41, 5.74) is 0.915. The molecule has 2 fully saturated rings. The van der Waals surface area contributed by atoms with Crippen molar-refractivity contribution < 1.29 is 4.74 Å². The first-order valence-corrected chi connectivity index (χ1v) is 7.86. The van der Waals surface area contributed by atoms with Crippen molar-refractivity contribution in [2.45, 2.75) is 50.5 Å². The SMILES string of the molecule is CCNc1nc(C2(OC)CCC2)nc(C2CC2)c1Br. The first-order valence-electron chi connectivity index (χ1n) is 7.07. The van der Waals surface area contributed by atoms with E-state index in [1.165, 1.54) is 19.3 Å². The summed E-state index contributed by atoms with van der Waals surface area (Å²) < 4.78 is 6.75. The van der Waals surface area contributed by atoms with Gasteiger partial charge in [-0.05, 0) is 55.0 Å². The summed E-state index contributed by atoms with van der Waals surface area (Å²) in [5, 5.41) is 3.33. The van der Waals surface area contributed by atoms with E-state index in [9.17, 15) is 0 Å². The minimum absolute atomic E-state index is 0.242. The highest BCUT2D eigenvalue weighted by Gasteiger charge is 2.43. The smallest absolute Gasteiger partial charge is 0.162 e. The highest BCUT2D eigenvalue weighted by Crippen LogP contribution is 2.47. The highest BCUT2D eigenvalue weighted by molar-refractivity contribution is 9.10. The molecule has 19 heavy (non-hydrogen) atoms. The van der Waals surface area contributed by atoms with Crippen LogP contribution < -0.4 is 5.32 Å². The molecule has 0 aliphatic heterocycles. The fraction of sp³-hybridized carbons (Fsp3) is 0.714. The van der Waals surface area contributed by atoms with Crippen molar-refractivity contribution in [2.24, 2.45) is 0 Å². The molecule has 104 valence electrons. The third-order valence-corrected chi connectivity index (χ3v) is 4.93. The fourth-order valence-corrected chi connectivity index (χ4v) is 3.24. The molecular formula is C14H20BrN3O. The topological polar surface area (TPSA) is 47.0 Å². The number of rotatable bonds is 5. The summed E-state index contributed by atoms with van der Waals surface area (Å²) >= 11 is 3.66. The molecule has 1 aromatic heterocycles. The van der Waals surface area contributed by atoms with Crippen LogP contribution in [0.2, 0.25) is 0 Å². The van der Waals surface area contributed by atoms with Gasteiger partial charge in [0.25, 0.3) is 0 Å². The molecule has 0 bridgehead atoms. The van der Waals surface area contributed by atoms with Crippen molar-refractivity contribution in [3.8, 4) is 0 Å². The predicted octanol–water partition coefficient (Wildman–Crippen LogP) is 3.57. The molecule has 5 heteroatoms. The molecule has 0 spiro atoms. The van der Waals surface area contributed by atoms with E-state index in [2.05, 4.69) is 28.2 Å². The second-order valence-electron chi connectivity index (χ2n) is 5.45. The number of halogens is 1. The average Bonchev–Trinajstić information content (AvgIpc) is 3.16. The molecule has 0 atom stereocenters. The second-order valence-corrected chi connectivity index (χ2v) is 6.24. The van der Waals surface area contributed by atoms with E-state index in [0.717, 1.165) is 41.2 Å². The molecule has 1 heterocycles. The Kier molecular flexibility index (Phi) is 3.52. The third kappa shape index (κ3) is 2.27. The summed E-state index contributed by atoms with van der Waals surface area (Å²) in [6, 6.07) is 0. The lowest BCUT2D eigenvalue weighted by atomic mass is 9.79. The van der Waals surface area contributed by atoms with Crippen LogP contribution in [0.3, 0.4) is 0 Å². The molecule has 0 unspecified atom stereocenters. The van der Waals surface area contributed by atoms with Crippen molar-refractivity contribution in [3.63, 3.8) is 0 Å². The second kappa shape index (κ2) is 5.02.